The molecule has 5 nitrogen and oxygen atoms in total. The second-order valence-corrected chi connectivity index (χ2v) is 5.78. The second kappa shape index (κ2) is 4.57. The Morgan fingerprint density at radius 1 is 1.25 bits per heavy atom. The molecule has 0 aromatic carbocycles. The maximum atomic E-state index is 10.7. The van der Waals surface area contributed by atoms with Crippen molar-refractivity contribution >= 4 is 41.1 Å². The van der Waals surface area contributed by atoms with Crippen molar-refractivity contribution in [2.45, 2.75) is 34.7 Å². The third-order valence-electron chi connectivity index (χ3n) is 2.42. The first-order valence-corrected chi connectivity index (χ1v) is 5.62. The number of alkyl halides is 3. The maximum absolute atomic E-state index is 10.7. The summed E-state index contributed by atoms with van der Waals surface area (Å²) in [4.78, 5) is 10.7. The third-order valence-corrected chi connectivity index (χ3v) is 2.95. The van der Waals surface area contributed by atoms with Gasteiger partial charge in [0, 0.05) is 7.11 Å². The fraction of sp³-hybridized carbons (Fsp3) is 0.875. The van der Waals surface area contributed by atoms with Crippen LogP contribution < -0.4 is 0 Å². The number of rotatable bonds is 2. The van der Waals surface area contributed by atoms with Gasteiger partial charge in [-0.1, -0.05) is 34.8 Å². The first-order valence-electron chi connectivity index (χ1n) is 4.48. The molecule has 0 amide bonds. The van der Waals surface area contributed by atoms with E-state index < -0.39 is 34.7 Å². The molecule has 8 heteroatoms. The molecule has 2 aliphatic rings. The third kappa shape index (κ3) is 2.18. The van der Waals surface area contributed by atoms with Crippen molar-refractivity contribution in [3.05, 3.63) is 0 Å². The number of ether oxygens (including phenoxy) is 4. The molecular weight excluding hydrogens is 282 g/mol. The number of halogens is 3. The van der Waals surface area contributed by atoms with E-state index in [0.717, 1.165) is 0 Å². The van der Waals surface area contributed by atoms with E-state index in [0.29, 0.717) is 6.29 Å². The standard InChI is InChI=1S/C8H9Cl3O5/c1-13-4-3(2-12)14-6-5(4)15-7(16-6)8(9,10)11/h2-7H,1H3/t3-,4+,5+,6+,7-/m1/s1. The van der Waals surface area contributed by atoms with Crippen LogP contribution in [-0.4, -0.2) is 48.1 Å². The summed E-state index contributed by atoms with van der Waals surface area (Å²) < 4.78 is 19.2. The molecule has 0 aliphatic carbocycles. The molecule has 0 spiro atoms. The van der Waals surface area contributed by atoms with Gasteiger partial charge in [0.25, 0.3) is 0 Å². The Hall–Kier alpha value is 0.380. The van der Waals surface area contributed by atoms with Gasteiger partial charge in [0.1, 0.15) is 18.3 Å². The van der Waals surface area contributed by atoms with Crippen molar-refractivity contribution in [2.24, 2.45) is 0 Å². The lowest BCUT2D eigenvalue weighted by atomic mass is 10.1. The Bertz CT molecular complexity index is 281. The minimum Gasteiger partial charge on any atom is -0.375 e. The quantitative estimate of drug-likeness (QED) is 0.562. The largest absolute Gasteiger partial charge is 0.375 e. The molecule has 2 saturated heterocycles. The van der Waals surface area contributed by atoms with Crippen molar-refractivity contribution in [2.75, 3.05) is 7.11 Å². The summed E-state index contributed by atoms with van der Waals surface area (Å²) in [7, 11) is 1.44. The summed E-state index contributed by atoms with van der Waals surface area (Å²) in [6.45, 7) is 0. The van der Waals surface area contributed by atoms with E-state index in [-0.39, 0.29) is 0 Å². The van der Waals surface area contributed by atoms with Crippen LogP contribution in [0.15, 0.2) is 0 Å². The van der Waals surface area contributed by atoms with Gasteiger partial charge in [0.2, 0.25) is 10.1 Å². The number of hydrogen-bond acceptors (Lipinski definition) is 5. The van der Waals surface area contributed by atoms with E-state index in [1.54, 1.807) is 0 Å². The van der Waals surface area contributed by atoms with E-state index in [1.807, 2.05) is 0 Å². The normalized spacial score (nSPS) is 43.4. The number of hydrogen-bond donors (Lipinski definition) is 0. The van der Waals surface area contributed by atoms with Crippen LogP contribution in [0.25, 0.3) is 0 Å². The van der Waals surface area contributed by atoms with Gasteiger partial charge in [0.15, 0.2) is 12.6 Å². The Morgan fingerprint density at radius 2 is 1.94 bits per heavy atom. The summed E-state index contributed by atoms with van der Waals surface area (Å²) in [6.07, 6.45) is -3.00. The van der Waals surface area contributed by atoms with Gasteiger partial charge in [-0.15, -0.1) is 0 Å². The monoisotopic (exact) mass is 290 g/mol. The molecule has 0 radical (unpaired) electrons. The molecule has 16 heavy (non-hydrogen) atoms. The highest BCUT2D eigenvalue weighted by molar-refractivity contribution is 6.67. The summed E-state index contributed by atoms with van der Waals surface area (Å²) in [5.41, 5.74) is 0. The molecule has 5 atom stereocenters. The maximum Gasteiger partial charge on any atom is 0.241 e. The highest BCUT2D eigenvalue weighted by atomic mass is 35.6. The predicted molar refractivity (Wildman–Crippen MR) is 55.6 cm³/mol. The van der Waals surface area contributed by atoms with Crippen molar-refractivity contribution < 1.29 is 23.7 Å². The SMILES string of the molecule is CO[C@@H]1[C@@H]2O[C@@H](C(Cl)(Cl)Cl)O[C@@H]2O[C@@H]1C=O. The van der Waals surface area contributed by atoms with Gasteiger partial charge >= 0.3 is 0 Å². The van der Waals surface area contributed by atoms with Crippen LogP contribution in [0.1, 0.15) is 0 Å². The molecule has 0 N–H and O–H groups in total. The summed E-state index contributed by atoms with van der Waals surface area (Å²) in [6, 6.07) is 0. The number of carbonyl (C=O) groups is 1. The Balaban J connectivity index is 2.08. The summed E-state index contributed by atoms with van der Waals surface area (Å²) >= 11 is 16.9. The van der Waals surface area contributed by atoms with Crippen LogP contribution in [0.3, 0.4) is 0 Å². The fourth-order valence-corrected chi connectivity index (χ4v) is 2.04. The van der Waals surface area contributed by atoms with E-state index in [2.05, 4.69) is 0 Å². The van der Waals surface area contributed by atoms with Gasteiger partial charge < -0.3 is 23.7 Å². The molecule has 0 saturated carbocycles. The minimum absolute atomic E-state index is 0.556. The molecule has 0 bridgehead atoms. The molecular formula is C8H9Cl3O5. The van der Waals surface area contributed by atoms with Crippen LogP contribution in [-0.2, 0) is 23.7 Å². The zero-order valence-electron chi connectivity index (χ0n) is 8.14. The van der Waals surface area contributed by atoms with Crippen molar-refractivity contribution in [3.8, 4) is 0 Å². The predicted octanol–water partition coefficient (Wildman–Crippen LogP) is 1.04. The number of methoxy groups -OCH3 is 1. The zero-order valence-corrected chi connectivity index (χ0v) is 10.4. The lowest BCUT2D eigenvalue weighted by Crippen LogP contribution is -2.37. The first kappa shape index (κ1) is 12.8. The molecule has 92 valence electrons. The Morgan fingerprint density at radius 3 is 2.44 bits per heavy atom. The summed E-state index contributed by atoms with van der Waals surface area (Å²) in [5, 5.41) is 0. The van der Waals surface area contributed by atoms with Crippen LogP contribution in [0.5, 0.6) is 0 Å². The molecule has 2 aliphatic heterocycles. The minimum atomic E-state index is -1.71. The van der Waals surface area contributed by atoms with Crippen molar-refractivity contribution in [1.82, 2.24) is 0 Å². The molecule has 0 aromatic heterocycles. The lowest BCUT2D eigenvalue weighted by molar-refractivity contribution is -0.170. The van der Waals surface area contributed by atoms with Gasteiger partial charge in [-0.25, -0.2) is 0 Å². The van der Waals surface area contributed by atoms with Crippen molar-refractivity contribution in [1.29, 1.82) is 0 Å². The van der Waals surface area contributed by atoms with Gasteiger partial charge in [0.05, 0.1) is 0 Å². The highest BCUT2D eigenvalue weighted by Crippen LogP contribution is 2.42. The second-order valence-electron chi connectivity index (χ2n) is 3.42. The van der Waals surface area contributed by atoms with Gasteiger partial charge in [-0.3, -0.25) is 0 Å². The Kier molecular flexibility index (Phi) is 3.66. The molecule has 2 rings (SSSR count). The average molecular weight is 292 g/mol. The van der Waals surface area contributed by atoms with Crippen LogP contribution in [0.2, 0.25) is 0 Å². The van der Waals surface area contributed by atoms with Crippen molar-refractivity contribution in [3.63, 3.8) is 0 Å². The molecule has 2 heterocycles. The lowest BCUT2D eigenvalue weighted by Gasteiger charge is -2.22. The van der Waals surface area contributed by atoms with E-state index in [4.69, 9.17) is 53.8 Å². The average Bonchev–Trinajstić information content (AvgIpc) is 2.71. The smallest absolute Gasteiger partial charge is 0.241 e. The highest BCUT2D eigenvalue weighted by Gasteiger charge is 2.56. The Labute approximate surface area is 107 Å². The van der Waals surface area contributed by atoms with Crippen LogP contribution in [0.4, 0.5) is 0 Å². The number of carbonyl (C=O) groups excluding carboxylic acids is 1. The zero-order chi connectivity index (χ0) is 11.9. The fourth-order valence-electron chi connectivity index (χ4n) is 1.73. The first-order chi connectivity index (χ1) is 7.47. The molecule has 0 unspecified atom stereocenters. The van der Waals surface area contributed by atoms with Crippen LogP contribution >= 0.6 is 34.8 Å². The summed E-state index contributed by atoms with van der Waals surface area (Å²) in [5.74, 6) is 0. The van der Waals surface area contributed by atoms with Gasteiger partial charge in [-0.05, 0) is 0 Å². The van der Waals surface area contributed by atoms with Crippen LogP contribution in [0, 0.1) is 0 Å². The topological polar surface area (TPSA) is 54.0 Å². The molecule has 2 fully saturated rings. The van der Waals surface area contributed by atoms with E-state index >= 15 is 0 Å². The number of fused-ring (bicyclic) bond motifs is 1. The van der Waals surface area contributed by atoms with E-state index in [1.165, 1.54) is 7.11 Å². The van der Waals surface area contributed by atoms with Gasteiger partial charge in [-0.2, -0.15) is 0 Å². The molecule has 0 aromatic rings. The number of aldehydes is 1. The van der Waals surface area contributed by atoms with E-state index in [9.17, 15) is 4.79 Å².